The van der Waals surface area contributed by atoms with E-state index in [1.54, 1.807) is 0 Å². The molecule has 4 heteroatoms. The van der Waals surface area contributed by atoms with Gasteiger partial charge >= 0.3 is 0 Å². The van der Waals surface area contributed by atoms with Crippen molar-refractivity contribution < 1.29 is 15.3 Å². The largest absolute Gasteiger partial charge is 0.396 e. The number of aliphatic hydroxyl groups is 3. The summed E-state index contributed by atoms with van der Waals surface area (Å²) >= 11 is 0. The van der Waals surface area contributed by atoms with E-state index in [0.717, 1.165) is 6.42 Å². The molecular formula is C7H13NO3. The molecule has 0 aliphatic carbocycles. The van der Waals surface area contributed by atoms with Gasteiger partial charge in [0.25, 0.3) is 0 Å². The minimum atomic E-state index is -0.689. The van der Waals surface area contributed by atoms with Crippen LogP contribution in [0.15, 0.2) is 0 Å². The Kier molecular flexibility index (Phi) is 1.64. The molecule has 64 valence electrons. The molecule has 0 amide bonds. The van der Waals surface area contributed by atoms with Gasteiger partial charge in [-0.05, 0) is 6.42 Å². The third kappa shape index (κ3) is 0.906. The Morgan fingerprint density at radius 2 is 2.00 bits per heavy atom. The van der Waals surface area contributed by atoms with Gasteiger partial charge in [0.2, 0.25) is 0 Å². The Morgan fingerprint density at radius 3 is 2.45 bits per heavy atom. The van der Waals surface area contributed by atoms with E-state index in [4.69, 9.17) is 5.11 Å². The van der Waals surface area contributed by atoms with Crippen molar-refractivity contribution in [1.82, 2.24) is 5.32 Å². The SMILES string of the molecule is OCC1CC2NC1C(O)C2O. The van der Waals surface area contributed by atoms with Gasteiger partial charge in [0.1, 0.15) is 0 Å². The number of fused-ring (bicyclic) bond motifs is 2. The molecule has 5 unspecified atom stereocenters. The van der Waals surface area contributed by atoms with E-state index in [1.165, 1.54) is 0 Å². The standard InChI is InChI=1S/C7H13NO3/c9-2-3-1-4-6(10)7(11)5(3)8-4/h3-11H,1-2H2. The molecule has 2 fully saturated rings. The molecule has 4 N–H and O–H groups in total. The van der Waals surface area contributed by atoms with E-state index in [2.05, 4.69) is 5.32 Å². The number of hydrogen-bond acceptors (Lipinski definition) is 4. The van der Waals surface area contributed by atoms with Gasteiger partial charge < -0.3 is 20.6 Å². The quantitative estimate of drug-likeness (QED) is 0.359. The highest BCUT2D eigenvalue weighted by atomic mass is 16.3. The van der Waals surface area contributed by atoms with Crippen LogP contribution < -0.4 is 5.32 Å². The maximum absolute atomic E-state index is 9.37. The topological polar surface area (TPSA) is 72.7 Å². The maximum atomic E-state index is 9.37. The lowest BCUT2D eigenvalue weighted by molar-refractivity contribution is -0.01000. The zero-order chi connectivity index (χ0) is 8.01. The highest BCUT2D eigenvalue weighted by molar-refractivity contribution is 5.08. The number of rotatable bonds is 1. The smallest absolute Gasteiger partial charge is 0.0970 e. The molecule has 2 heterocycles. The summed E-state index contributed by atoms with van der Waals surface area (Å²) in [4.78, 5) is 0. The van der Waals surface area contributed by atoms with Gasteiger partial charge in [-0.1, -0.05) is 0 Å². The predicted molar refractivity (Wildman–Crippen MR) is 37.9 cm³/mol. The van der Waals surface area contributed by atoms with Gasteiger partial charge in [0.05, 0.1) is 12.2 Å². The summed E-state index contributed by atoms with van der Waals surface area (Å²) in [5.74, 6) is 0.124. The summed E-state index contributed by atoms with van der Waals surface area (Å²) in [7, 11) is 0. The third-order valence-electron chi connectivity index (χ3n) is 2.84. The van der Waals surface area contributed by atoms with Crippen molar-refractivity contribution in [2.75, 3.05) is 6.61 Å². The van der Waals surface area contributed by atoms with E-state index >= 15 is 0 Å². The molecule has 11 heavy (non-hydrogen) atoms. The van der Waals surface area contributed by atoms with Crippen LogP contribution in [0.2, 0.25) is 0 Å². The highest BCUT2D eigenvalue weighted by Gasteiger charge is 2.50. The Bertz CT molecular complexity index is 158. The first-order valence-electron chi connectivity index (χ1n) is 3.97. The van der Waals surface area contributed by atoms with Crippen LogP contribution in [0.5, 0.6) is 0 Å². The molecule has 0 aromatic carbocycles. The Hall–Kier alpha value is -0.160. The Labute approximate surface area is 64.8 Å². The Morgan fingerprint density at radius 1 is 1.27 bits per heavy atom. The first-order valence-corrected chi connectivity index (χ1v) is 3.97. The molecule has 2 aliphatic heterocycles. The third-order valence-corrected chi connectivity index (χ3v) is 2.84. The van der Waals surface area contributed by atoms with Crippen LogP contribution in [-0.2, 0) is 0 Å². The molecule has 2 bridgehead atoms. The van der Waals surface area contributed by atoms with Crippen LogP contribution in [-0.4, -0.2) is 46.2 Å². The second-order valence-corrected chi connectivity index (χ2v) is 3.46. The lowest BCUT2D eigenvalue weighted by atomic mass is 9.86. The van der Waals surface area contributed by atoms with Gasteiger partial charge in [-0.15, -0.1) is 0 Å². The summed E-state index contributed by atoms with van der Waals surface area (Å²) in [5, 5.41) is 30.6. The van der Waals surface area contributed by atoms with Crippen LogP contribution in [0.25, 0.3) is 0 Å². The van der Waals surface area contributed by atoms with Gasteiger partial charge in [-0.3, -0.25) is 0 Å². The van der Waals surface area contributed by atoms with E-state index in [9.17, 15) is 10.2 Å². The van der Waals surface area contributed by atoms with Crippen molar-refractivity contribution in [3.05, 3.63) is 0 Å². The minimum Gasteiger partial charge on any atom is -0.396 e. The lowest BCUT2D eigenvalue weighted by Gasteiger charge is -2.26. The zero-order valence-corrected chi connectivity index (χ0v) is 6.14. The summed E-state index contributed by atoms with van der Waals surface area (Å²) < 4.78 is 0. The molecule has 2 rings (SSSR count). The maximum Gasteiger partial charge on any atom is 0.0970 e. The zero-order valence-electron chi connectivity index (χ0n) is 6.14. The highest BCUT2D eigenvalue weighted by Crippen LogP contribution is 2.33. The van der Waals surface area contributed by atoms with Crippen LogP contribution in [0.1, 0.15) is 6.42 Å². The second kappa shape index (κ2) is 2.42. The summed E-state index contributed by atoms with van der Waals surface area (Å²) in [5.41, 5.74) is 0. The fourth-order valence-electron chi connectivity index (χ4n) is 2.18. The van der Waals surface area contributed by atoms with Crippen molar-refractivity contribution in [2.45, 2.75) is 30.7 Å². The van der Waals surface area contributed by atoms with Gasteiger partial charge in [0.15, 0.2) is 0 Å². The molecule has 5 atom stereocenters. The van der Waals surface area contributed by atoms with E-state index in [-0.39, 0.29) is 24.6 Å². The fourth-order valence-corrected chi connectivity index (χ4v) is 2.18. The number of aliphatic hydroxyl groups excluding tert-OH is 3. The first kappa shape index (κ1) is 7.49. The van der Waals surface area contributed by atoms with Crippen molar-refractivity contribution >= 4 is 0 Å². The van der Waals surface area contributed by atoms with E-state index < -0.39 is 12.2 Å². The van der Waals surface area contributed by atoms with Gasteiger partial charge in [-0.2, -0.15) is 0 Å². The van der Waals surface area contributed by atoms with E-state index in [0.29, 0.717) is 0 Å². The molecule has 0 aromatic rings. The molecule has 4 nitrogen and oxygen atoms in total. The molecule has 2 saturated heterocycles. The molecule has 0 radical (unpaired) electrons. The average molecular weight is 159 g/mol. The van der Waals surface area contributed by atoms with Gasteiger partial charge in [0, 0.05) is 24.6 Å². The molecule has 0 saturated carbocycles. The molecular weight excluding hydrogens is 146 g/mol. The average Bonchev–Trinajstić information content (AvgIpc) is 2.53. The molecule has 0 spiro atoms. The van der Waals surface area contributed by atoms with Crippen molar-refractivity contribution in [3.63, 3.8) is 0 Å². The van der Waals surface area contributed by atoms with Crippen LogP contribution in [0.4, 0.5) is 0 Å². The summed E-state index contributed by atoms with van der Waals surface area (Å²) in [6, 6.07) is -0.104. The number of hydrogen-bond donors (Lipinski definition) is 4. The summed E-state index contributed by atoms with van der Waals surface area (Å²) in [6.45, 7) is 0.0952. The first-order chi connectivity index (χ1) is 5.24. The molecule has 0 aromatic heterocycles. The fraction of sp³-hybridized carbons (Fsp3) is 1.00. The normalized spacial score (nSPS) is 55.4. The van der Waals surface area contributed by atoms with Crippen LogP contribution >= 0.6 is 0 Å². The minimum absolute atomic E-state index is 0.00727. The molecule has 2 aliphatic rings. The lowest BCUT2D eigenvalue weighted by Crippen LogP contribution is -2.42. The van der Waals surface area contributed by atoms with Crippen LogP contribution in [0.3, 0.4) is 0 Å². The Balaban J connectivity index is 2.10. The second-order valence-electron chi connectivity index (χ2n) is 3.46. The summed E-state index contributed by atoms with van der Waals surface area (Å²) in [6.07, 6.45) is -0.548. The van der Waals surface area contributed by atoms with Crippen LogP contribution in [0, 0.1) is 5.92 Å². The van der Waals surface area contributed by atoms with Crippen molar-refractivity contribution in [3.8, 4) is 0 Å². The number of nitrogens with one attached hydrogen (secondary N) is 1. The van der Waals surface area contributed by atoms with Crippen molar-refractivity contribution in [2.24, 2.45) is 5.92 Å². The van der Waals surface area contributed by atoms with Gasteiger partial charge in [-0.25, -0.2) is 0 Å². The monoisotopic (exact) mass is 159 g/mol. The van der Waals surface area contributed by atoms with E-state index in [1.807, 2.05) is 0 Å². The van der Waals surface area contributed by atoms with Crippen molar-refractivity contribution in [1.29, 1.82) is 0 Å². The predicted octanol–water partition coefficient (Wildman–Crippen LogP) is -1.94.